The van der Waals surface area contributed by atoms with Gasteiger partial charge in [0.2, 0.25) is 5.91 Å². The molecule has 3 aliphatic rings. The second-order valence-electron chi connectivity index (χ2n) is 8.17. The number of imide groups is 2. The van der Waals surface area contributed by atoms with Crippen molar-refractivity contribution in [2.24, 2.45) is 0 Å². The average molecular weight is 470 g/mol. The third-order valence-corrected chi connectivity index (χ3v) is 6.96. The predicted octanol–water partition coefficient (Wildman–Crippen LogP) is 2.79. The van der Waals surface area contributed by atoms with Gasteiger partial charge < -0.3 is 14.4 Å². The molecular formula is C23H23N3O6S. The summed E-state index contributed by atoms with van der Waals surface area (Å²) in [6.45, 7) is 0.610. The third-order valence-electron chi connectivity index (χ3n) is 6.10. The van der Waals surface area contributed by atoms with E-state index in [0.29, 0.717) is 43.2 Å². The molecule has 9 nitrogen and oxygen atoms in total. The van der Waals surface area contributed by atoms with Crippen molar-refractivity contribution in [1.82, 2.24) is 9.80 Å². The molecule has 1 aromatic carbocycles. The van der Waals surface area contributed by atoms with Gasteiger partial charge in [0, 0.05) is 22.7 Å². The van der Waals surface area contributed by atoms with E-state index in [2.05, 4.69) is 0 Å². The van der Waals surface area contributed by atoms with Gasteiger partial charge in [0.15, 0.2) is 11.5 Å². The average Bonchev–Trinajstić information content (AvgIpc) is 3.57. The number of carbonyl (C=O) groups is 4. The second-order valence-corrected chi connectivity index (χ2v) is 9.21. The highest BCUT2D eigenvalue weighted by molar-refractivity contribution is 7.09. The molecule has 172 valence electrons. The van der Waals surface area contributed by atoms with E-state index in [4.69, 9.17) is 9.47 Å². The van der Waals surface area contributed by atoms with Crippen molar-refractivity contribution in [3.8, 4) is 11.5 Å². The van der Waals surface area contributed by atoms with E-state index in [1.807, 2.05) is 17.5 Å². The quantitative estimate of drug-likeness (QED) is 0.477. The van der Waals surface area contributed by atoms with Crippen molar-refractivity contribution in [2.75, 3.05) is 24.7 Å². The van der Waals surface area contributed by atoms with Crippen LogP contribution in [0.15, 0.2) is 35.7 Å². The number of amides is 5. The van der Waals surface area contributed by atoms with Gasteiger partial charge in [-0.1, -0.05) is 18.9 Å². The molecule has 0 bridgehead atoms. The van der Waals surface area contributed by atoms with Crippen LogP contribution in [0.3, 0.4) is 0 Å². The van der Waals surface area contributed by atoms with E-state index in [1.165, 1.54) is 16.2 Å². The molecule has 1 saturated heterocycles. The number of urea groups is 1. The zero-order valence-electron chi connectivity index (χ0n) is 17.9. The minimum absolute atomic E-state index is 0.257. The topological polar surface area (TPSA) is 96.5 Å². The molecule has 0 atom stereocenters. The van der Waals surface area contributed by atoms with Crippen LogP contribution in [0.5, 0.6) is 11.5 Å². The number of fused-ring (bicyclic) bond motifs is 1. The molecule has 5 rings (SSSR count). The lowest BCUT2D eigenvalue weighted by Gasteiger charge is -2.26. The summed E-state index contributed by atoms with van der Waals surface area (Å²) < 4.78 is 11.2. The normalized spacial score (nSPS) is 18.4. The highest BCUT2D eigenvalue weighted by atomic mass is 32.1. The van der Waals surface area contributed by atoms with Crippen molar-refractivity contribution in [3.05, 3.63) is 40.6 Å². The molecule has 2 fully saturated rings. The highest BCUT2D eigenvalue weighted by Crippen LogP contribution is 2.35. The third kappa shape index (κ3) is 4.06. The van der Waals surface area contributed by atoms with E-state index in [9.17, 15) is 19.2 Å². The molecule has 1 saturated carbocycles. The Labute approximate surface area is 194 Å². The lowest BCUT2D eigenvalue weighted by molar-refractivity contribution is -0.144. The fourth-order valence-corrected chi connectivity index (χ4v) is 5.14. The molecule has 1 aliphatic carbocycles. The van der Waals surface area contributed by atoms with Crippen molar-refractivity contribution < 1.29 is 28.7 Å². The molecule has 3 heterocycles. The van der Waals surface area contributed by atoms with Gasteiger partial charge in [-0.2, -0.15) is 0 Å². The van der Waals surface area contributed by atoms with Gasteiger partial charge in [0.25, 0.3) is 0 Å². The van der Waals surface area contributed by atoms with Gasteiger partial charge in [-0.15, -0.1) is 11.3 Å². The summed E-state index contributed by atoms with van der Waals surface area (Å²) >= 11 is 1.49. The van der Waals surface area contributed by atoms with Crippen molar-refractivity contribution >= 4 is 40.8 Å². The van der Waals surface area contributed by atoms with Crippen molar-refractivity contribution in [1.29, 1.82) is 0 Å². The molecule has 5 amide bonds. The Balaban J connectivity index is 1.40. The summed E-state index contributed by atoms with van der Waals surface area (Å²) in [6, 6.07) is 8.00. The number of hydrogen-bond acceptors (Lipinski definition) is 7. The number of anilines is 1. The second kappa shape index (κ2) is 8.86. The van der Waals surface area contributed by atoms with Gasteiger partial charge in [0.05, 0.1) is 6.54 Å². The van der Waals surface area contributed by atoms with E-state index in [-0.39, 0.29) is 12.6 Å². The predicted molar refractivity (Wildman–Crippen MR) is 119 cm³/mol. The first kappa shape index (κ1) is 21.4. The first-order valence-corrected chi connectivity index (χ1v) is 11.8. The Hall–Kier alpha value is -3.40. The van der Waals surface area contributed by atoms with Crippen LogP contribution in [0.1, 0.15) is 30.6 Å². The number of hydrogen-bond donors (Lipinski definition) is 0. The van der Waals surface area contributed by atoms with Gasteiger partial charge in [0.1, 0.15) is 19.8 Å². The number of nitrogens with zero attached hydrogens (tertiary/aromatic N) is 3. The van der Waals surface area contributed by atoms with Crippen LogP contribution in [-0.2, 0) is 20.9 Å². The molecule has 1 aromatic heterocycles. The van der Waals surface area contributed by atoms with Crippen LogP contribution in [0.25, 0.3) is 0 Å². The summed E-state index contributed by atoms with van der Waals surface area (Å²) in [4.78, 5) is 55.7. The highest BCUT2D eigenvalue weighted by Gasteiger charge is 2.49. The number of ether oxygens (including phenoxy) is 2. The van der Waals surface area contributed by atoms with Crippen LogP contribution < -0.4 is 14.4 Å². The number of rotatable bonds is 6. The zero-order valence-corrected chi connectivity index (χ0v) is 18.7. The molecule has 0 radical (unpaired) electrons. The van der Waals surface area contributed by atoms with Crippen molar-refractivity contribution in [2.45, 2.75) is 38.3 Å². The van der Waals surface area contributed by atoms with Crippen molar-refractivity contribution in [3.63, 3.8) is 0 Å². The molecule has 0 N–H and O–H groups in total. The van der Waals surface area contributed by atoms with Crippen LogP contribution in [0.2, 0.25) is 0 Å². The summed E-state index contributed by atoms with van der Waals surface area (Å²) in [7, 11) is 0. The minimum atomic E-state index is -0.946. The molecule has 2 aliphatic heterocycles. The monoisotopic (exact) mass is 469 g/mol. The molecule has 33 heavy (non-hydrogen) atoms. The van der Waals surface area contributed by atoms with Gasteiger partial charge >= 0.3 is 17.8 Å². The summed E-state index contributed by atoms with van der Waals surface area (Å²) in [5.41, 5.74) is 0.552. The maximum Gasteiger partial charge on any atom is 0.334 e. The van der Waals surface area contributed by atoms with Gasteiger partial charge in [-0.25, -0.2) is 9.69 Å². The summed E-state index contributed by atoms with van der Waals surface area (Å²) in [5.74, 6) is -1.14. The van der Waals surface area contributed by atoms with Gasteiger partial charge in [-0.05, 0) is 36.4 Å². The van der Waals surface area contributed by atoms with Crippen LogP contribution in [-0.4, -0.2) is 59.4 Å². The lowest BCUT2D eigenvalue weighted by Crippen LogP contribution is -2.44. The summed E-state index contributed by atoms with van der Waals surface area (Å²) in [5, 5.41) is 1.91. The SMILES string of the molecule is O=C1C(=O)N(C2CCCC2)C(=O)N1CC(=O)N(Cc1cccs1)c1ccc2c(c1)OCCO2. The Morgan fingerprint density at radius 3 is 2.52 bits per heavy atom. The molecule has 0 spiro atoms. The number of carbonyl (C=O) groups excluding carboxylic acids is 4. The number of benzene rings is 1. The lowest BCUT2D eigenvalue weighted by atomic mass is 10.2. The Morgan fingerprint density at radius 1 is 1.03 bits per heavy atom. The van der Waals surface area contributed by atoms with Crippen LogP contribution >= 0.6 is 11.3 Å². The fourth-order valence-electron chi connectivity index (χ4n) is 4.45. The van der Waals surface area contributed by atoms with E-state index in [1.54, 1.807) is 18.2 Å². The molecule has 2 aromatic rings. The maximum absolute atomic E-state index is 13.4. The molecule has 0 unspecified atom stereocenters. The Bertz CT molecular complexity index is 1100. The smallest absolute Gasteiger partial charge is 0.334 e. The minimum Gasteiger partial charge on any atom is -0.486 e. The fraction of sp³-hybridized carbons (Fsp3) is 0.391. The first-order valence-electron chi connectivity index (χ1n) is 10.9. The first-order chi connectivity index (χ1) is 16.0. The Kier molecular flexibility index (Phi) is 5.76. The van der Waals surface area contributed by atoms with E-state index < -0.39 is 30.3 Å². The summed E-state index contributed by atoms with van der Waals surface area (Å²) in [6.07, 6.45) is 3.20. The largest absolute Gasteiger partial charge is 0.486 e. The molecule has 10 heteroatoms. The Morgan fingerprint density at radius 2 is 1.79 bits per heavy atom. The standard InChI is InChI=1S/C23H23N3O6S/c27-20(14-25-21(28)22(29)26(23(25)30)15-4-1-2-5-15)24(13-17-6-3-11-33-17)16-7-8-18-19(12-16)32-10-9-31-18/h3,6-8,11-12,15H,1-2,4-5,9-10,13-14H2. The van der Waals surface area contributed by atoms with Crippen LogP contribution in [0.4, 0.5) is 10.5 Å². The van der Waals surface area contributed by atoms with E-state index >= 15 is 0 Å². The van der Waals surface area contributed by atoms with Crippen LogP contribution in [0, 0.1) is 0 Å². The maximum atomic E-state index is 13.4. The molecular weight excluding hydrogens is 446 g/mol. The van der Waals surface area contributed by atoms with Gasteiger partial charge in [-0.3, -0.25) is 19.3 Å². The zero-order chi connectivity index (χ0) is 22.9. The van der Waals surface area contributed by atoms with E-state index in [0.717, 1.165) is 27.5 Å². The number of thiophene rings is 1.